The summed E-state index contributed by atoms with van der Waals surface area (Å²) in [5.41, 5.74) is 9.38. The van der Waals surface area contributed by atoms with E-state index in [4.69, 9.17) is 31.2 Å². The van der Waals surface area contributed by atoms with Crippen molar-refractivity contribution in [3.8, 4) is 11.5 Å². The van der Waals surface area contributed by atoms with Crippen LogP contribution in [-0.4, -0.2) is 27.8 Å². The van der Waals surface area contributed by atoms with Crippen LogP contribution in [0.2, 0.25) is 5.02 Å². The SMILES string of the molecule is COc1cc(C2C(C(=O)Nc3cccc(C)c3)=C(C)Nc3nc(SCc4ccccc4Cl)nn32)cc(Br)c1OCc1cc(C)c(C)cc1C. The van der Waals surface area contributed by atoms with Crippen LogP contribution < -0.4 is 20.1 Å². The van der Waals surface area contributed by atoms with Gasteiger partial charge in [0, 0.05) is 22.2 Å². The quantitative estimate of drug-likeness (QED) is 0.137. The van der Waals surface area contributed by atoms with E-state index in [2.05, 4.69) is 59.5 Å². The number of halogens is 2. The number of thioether (sulfide) groups is 1. The molecule has 1 aromatic heterocycles. The summed E-state index contributed by atoms with van der Waals surface area (Å²) in [5.74, 6) is 1.95. The molecule has 0 saturated carbocycles. The van der Waals surface area contributed by atoms with Crippen LogP contribution >= 0.6 is 39.3 Å². The van der Waals surface area contributed by atoms with Gasteiger partial charge in [-0.05, 0) is 120 Å². The third-order valence-electron chi connectivity index (χ3n) is 8.56. The molecule has 49 heavy (non-hydrogen) atoms. The highest BCUT2D eigenvalue weighted by Gasteiger charge is 2.35. The average Bonchev–Trinajstić information content (AvgIpc) is 3.47. The second-order valence-electron chi connectivity index (χ2n) is 12.1. The lowest BCUT2D eigenvalue weighted by atomic mass is 9.94. The summed E-state index contributed by atoms with van der Waals surface area (Å²) < 4.78 is 14.7. The van der Waals surface area contributed by atoms with E-state index >= 15 is 0 Å². The van der Waals surface area contributed by atoms with Crippen molar-refractivity contribution in [2.75, 3.05) is 17.7 Å². The molecule has 11 heteroatoms. The lowest BCUT2D eigenvalue weighted by molar-refractivity contribution is -0.113. The second kappa shape index (κ2) is 14.7. The molecule has 252 valence electrons. The van der Waals surface area contributed by atoms with Gasteiger partial charge in [-0.15, -0.1) is 5.10 Å². The fourth-order valence-corrected chi connectivity index (χ4v) is 7.53. The minimum absolute atomic E-state index is 0.257. The standard InChI is InChI=1S/C38H37BrClN5O3S/c1-21-10-9-12-29(14-21)42-36(46)33-25(5)41-37-43-38(49-20-26-11-7-8-13-31(26)40)44-45(37)34(33)27-17-30(39)35(32(18-27)47-6)48-19-28-16-23(3)22(2)15-24(28)4/h7-18,34H,19-20H2,1-6H3,(H,42,46)(H,41,43,44). The van der Waals surface area contributed by atoms with E-state index in [0.717, 1.165) is 27.8 Å². The Kier molecular flexibility index (Phi) is 10.4. The first-order chi connectivity index (χ1) is 23.5. The molecule has 0 aliphatic carbocycles. The molecule has 0 radical (unpaired) electrons. The van der Waals surface area contributed by atoms with Crippen molar-refractivity contribution in [3.05, 3.63) is 133 Å². The van der Waals surface area contributed by atoms with E-state index in [0.29, 0.717) is 61.4 Å². The number of carbonyl (C=O) groups excluding carboxylic acids is 1. The predicted octanol–water partition coefficient (Wildman–Crippen LogP) is 9.74. The zero-order valence-electron chi connectivity index (χ0n) is 28.2. The normalized spacial score (nSPS) is 13.9. The monoisotopic (exact) mass is 757 g/mol. The summed E-state index contributed by atoms with van der Waals surface area (Å²) in [5, 5.41) is 12.6. The Labute approximate surface area is 304 Å². The zero-order chi connectivity index (χ0) is 34.8. The maximum Gasteiger partial charge on any atom is 0.255 e. The number of methoxy groups -OCH3 is 1. The Morgan fingerprint density at radius 3 is 2.51 bits per heavy atom. The van der Waals surface area contributed by atoms with Gasteiger partial charge in [-0.1, -0.05) is 65.8 Å². The predicted molar refractivity (Wildman–Crippen MR) is 201 cm³/mol. The van der Waals surface area contributed by atoms with Gasteiger partial charge in [-0.2, -0.15) is 4.98 Å². The molecule has 0 saturated heterocycles. The van der Waals surface area contributed by atoms with E-state index in [-0.39, 0.29) is 5.91 Å². The molecule has 1 aliphatic rings. The number of hydrogen-bond donors (Lipinski definition) is 2. The number of amides is 1. The number of benzene rings is 4. The van der Waals surface area contributed by atoms with Crippen LogP contribution in [0.4, 0.5) is 11.6 Å². The van der Waals surface area contributed by atoms with Crippen LogP contribution in [0.5, 0.6) is 11.5 Å². The van der Waals surface area contributed by atoms with Crippen molar-refractivity contribution in [1.29, 1.82) is 0 Å². The van der Waals surface area contributed by atoms with Crippen LogP contribution in [0.15, 0.2) is 93.7 Å². The van der Waals surface area contributed by atoms with Gasteiger partial charge < -0.3 is 20.1 Å². The number of allylic oxidation sites excluding steroid dienone is 1. The van der Waals surface area contributed by atoms with Gasteiger partial charge in [0.15, 0.2) is 11.5 Å². The first-order valence-corrected chi connectivity index (χ1v) is 17.9. The highest BCUT2D eigenvalue weighted by Crippen LogP contribution is 2.44. The molecule has 5 aromatic rings. The van der Waals surface area contributed by atoms with Crippen LogP contribution in [0.3, 0.4) is 0 Å². The molecule has 0 fully saturated rings. The molecule has 0 bridgehead atoms. The van der Waals surface area contributed by atoms with E-state index in [1.54, 1.807) is 11.8 Å². The molecule has 2 heterocycles. The summed E-state index contributed by atoms with van der Waals surface area (Å²) in [6.07, 6.45) is 0. The summed E-state index contributed by atoms with van der Waals surface area (Å²) >= 11 is 11.7. The van der Waals surface area contributed by atoms with Gasteiger partial charge >= 0.3 is 0 Å². The van der Waals surface area contributed by atoms with Gasteiger partial charge in [0.05, 0.1) is 17.2 Å². The summed E-state index contributed by atoms with van der Waals surface area (Å²) in [6.45, 7) is 10.5. The van der Waals surface area contributed by atoms with Crippen molar-refractivity contribution in [2.24, 2.45) is 0 Å². The maximum absolute atomic E-state index is 14.1. The maximum atomic E-state index is 14.1. The molecule has 4 aromatic carbocycles. The number of hydrogen-bond acceptors (Lipinski definition) is 7. The summed E-state index contributed by atoms with van der Waals surface area (Å²) in [7, 11) is 1.61. The van der Waals surface area contributed by atoms with Crippen molar-refractivity contribution in [1.82, 2.24) is 14.8 Å². The third kappa shape index (κ3) is 7.51. The highest BCUT2D eigenvalue weighted by atomic mass is 79.9. The number of rotatable bonds is 10. The first-order valence-electron chi connectivity index (χ1n) is 15.8. The average molecular weight is 759 g/mol. The van der Waals surface area contributed by atoms with Crippen LogP contribution in [0, 0.1) is 27.7 Å². The minimum Gasteiger partial charge on any atom is -0.493 e. The van der Waals surface area contributed by atoms with E-state index in [9.17, 15) is 4.79 Å². The van der Waals surface area contributed by atoms with E-state index < -0.39 is 6.04 Å². The van der Waals surface area contributed by atoms with Crippen molar-refractivity contribution in [3.63, 3.8) is 0 Å². The Balaban J connectivity index is 1.38. The van der Waals surface area contributed by atoms with Gasteiger partial charge in [-0.3, -0.25) is 4.79 Å². The summed E-state index contributed by atoms with van der Waals surface area (Å²) in [6, 6.07) is 23.0. The molecule has 1 atom stereocenters. The molecular weight excluding hydrogens is 722 g/mol. The third-order valence-corrected chi connectivity index (χ3v) is 10.4. The second-order valence-corrected chi connectivity index (χ2v) is 14.3. The zero-order valence-corrected chi connectivity index (χ0v) is 31.3. The van der Waals surface area contributed by atoms with Gasteiger partial charge in [-0.25, -0.2) is 4.68 Å². The van der Waals surface area contributed by atoms with Crippen LogP contribution in [-0.2, 0) is 17.2 Å². The number of aromatic nitrogens is 3. The van der Waals surface area contributed by atoms with Gasteiger partial charge in [0.1, 0.15) is 12.6 Å². The summed E-state index contributed by atoms with van der Waals surface area (Å²) in [4.78, 5) is 18.9. The smallest absolute Gasteiger partial charge is 0.255 e. The fraction of sp³-hybridized carbons (Fsp3) is 0.237. The van der Waals surface area contributed by atoms with Crippen LogP contribution in [0.25, 0.3) is 0 Å². The topological polar surface area (TPSA) is 90.3 Å². The number of aryl methyl sites for hydroxylation is 4. The number of nitrogens with zero attached hydrogens (tertiary/aromatic N) is 3. The van der Waals surface area contributed by atoms with E-state index in [1.165, 1.54) is 22.9 Å². The fourth-order valence-electron chi connectivity index (χ4n) is 5.84. The number of fused-ring (bicyclic) bond motifs is 1. The number of ether oxygens (including phenoxy) is 2. The lowest BCUT2D eigenvalue weighted by Gasteiger charge is -2.29. The highest BCUT2D eigenvalue weighted by molar-refractivity contribution is 9.10. The molecule has 2 N–H and O–H groups in total. The Morgan fingerprint density at radius 1 is 0.980 bits per heavy atom. The van der Waals surface area contributed by atoms with Crippen molar-refractivity contribution in [2.45, 2.75) is 58.2 Å². The van der Waals surface area contributed by atoms with Gasteiger partial charge in [0.25, 0.3) is 5.91 Å². The Bertz CT molecular complexity index is 2100. The minimum atomic E-state index is -0.635. The Morgan fingerprint density at radius 2 is 1.76 bits per heavy atom. The molecule has 1 aliphatic heterocycles. The molecule has 0 spiro atoms. The Hall–Kier alpha value is -4.25. The molecule has 8 nitrogen and oxygen atoms in total. The first kappa shape index (κ1) is 34.6. The van der Waals surface area contributed by atoms with Gasteiger partial charge in [0.2, 0.25) is 11.1 Å². The number of nitrogens with one attached hydrogen (secondary N) is 2. The number of carbonyl (C=O) groups is 1. The molecule has 1 unspecified atom stereocenters. The molecular formula is C38H37BrClN5O3S. The van der Waals surface area contributed by atoms with Crippen molar-refractivity contribution < 1.29 is 14.3 Å². The van der Waals surface area contributed by atoms with Crippen LogP contribution in [0.1, 0.15) is 51.9 Å². The molecule has 6 rings (SSSR count). The van der Waals surface area contributed by atoms with Crippen molar-refractivity contribution >= 4 is 56.8 Å². The lowest BCUT2D eigenvalue weighted by Crippen LogP contribution is -2.31. The largest absolute Gasteiger partial charge is 0.493 e. The van der Waals surface area contributed by atoms with E-state index in [1.807, 2.05) is 74.5 Å². The molecule has 1 amide bonds. The number of anilines is 2.